The second-order valence-electron chi connectivity index (χ2n) is 14.3. The zero-order valence-electron chi connectivity index (χ0n) is 34.2. The Morgan fingerprint density at radius 1 is 0.604 bits per heavy atom. The van der Waals surface area contributed by atoms with Gasteiger partial charge in [-0.05, 0) is 70.6 Å². The molecule has 0 N–H and O–H groups in total. The van der Waals surface area contributed by atoms with E-state index in [4.69, 9.17) is 18.5 Å². The van der Waals surface area contributed by atoms with Crippen LogP contribution in [0.15, 0.2) is 85.1 Å². The van der Waals surface area contributed by atoms with Crippen molar-refractivity contribution in [3.63, 3.8) is 0 Å². The molecule has 0 aliphatic heterocycles. The highest BCUT2D eigenvalue weighted by Gasteiger charge is 2.20. The number of phosphoric ester groups is 1. The Kier molecular flexibility index (Phi) is 35.0. The molecule has 0 bridgehead atoms. The highest BCUT2D eigenvalue weighted by molar-refractivity contribution is 7.45. The van der Waals surface area contributed by atoms with Gasteiger partial charge < -0.3 is 27.9 Å². The van der Waals surface area contributed by atoms with Gasteiger partial charge in [0.1, 0.15) is 19.3 Å². The SMILES string of the molecule is CC/C=C\C/C=C\C/C=C\C/C=C\C/C=C\CC(=O)OC(COCCCCCCCC/C=C\C/C=C\CCCCC)COP(=O)([O-])OCC[N+](C)(C)C. The highest BCUT2D eigenvalue weighted by Crippen LogP contribution is 2.38. The second kappa shape index (κ2) is 36.6. The summed E-state index contributed by atoms with van der Waals surface area (Å²) in [5.41, 5.74) is 0. The van der Waals surface area contributed by atoms with Crippen LogP contribution >= 0.6 is 7.82 Å². The molecule has 0 saturated carbocycles. The molecule has 0 aliphatic rings. The minimum absolute atomic E-state index is 0.00283. The van der Waals surface area contributed by atoms with Crippen LogP contribution in [0.4, 0.5) is 0 Å². The van der Waals surface area contributed by atoms with Crippen LogP contribution in [0, 0.1) is 0 Å². The lowest BCUT2D eigenvalue weighted by molar-refractivity contribution is -0.870. The number of likely N-dealkylation sites (N-methyl/N-ethyl adjacent to an activating group) is 1. The Hall–Kier alpha value is -2.32. The number of esters is 1. The maximum absolute atomic E-state index is 12.6. The standard InChI is InChI=1S/C44H76NO7P/c1-6-8-10-12-14-16-18-20-22-24-26-28-30-32-34-36-39-49-41-43(42-51-53(47,48)50-40-38-45(3,4)5)52-44(46)37-35-33-31-29-27-25-23-21-19-17-15-13-11-9-7-2/h9,11,14-17,20-23,27,29,33,35,43H,6-8,10,12-13,18-19,24-26,28,30-32,34,36-42H2,1-5H3/b11-9-,16-14-,17-15-,22-20-,23-21-,29-27-,35-33-. The Balaban J connectivity index is 4.45. The number of quaternary nitrogens is 1. The maximum atomic E-state index is 12.6. The number of hydrogen-bond donors (Lipinski definition) is 0. The van der Waals surface area contributed by atoms with Gasteiger partial charge in [0.2, 0.25) is 0 Å². The Morgan fingerprint density at radius 3 is 1.64 bits per heavy atom. The van der Waals surface area contributed by atoms with Crippen LogP contribution in [0.2, 0.25) is 0 Å². The van der Waals surface area contributed by atoms with Crippen molar-refractivity contribution in [1.82, 2.24) is 0 Å². The lowest BCUT2D eigenvalue weighted by Gasteiger charge is -2.28. The number of carbonyl (C=O) groups is 1. The van der Waals surface area contributed by atoms with Gasteiger partial charge in [0.25, 0.3) is 7.82 Å². The summed E-state index contributed by atoms with van der Waals surface area (Å²) in [4.78, 5) is 24.9. The summed E-state index contributed by atoms with van der Waals surface area (Å²) in [5, 5.41) is 0. The molecular formula is C44H76NO7P. The first-order valence-corrected chi connectivity index (χ1v) is 21.8. The fourth-order valence-electron chi connectivity index (χ4n) is 4.83. The summed E-state index contributed by atoms with van der Waals surface area (Å²) >= 11 is 0. The molecule has 304 valence electrons. The minimum Gasteiger partial charge on any atom is -0.756 e. The van der Waals surface area contributed by atoms with Crippen molar-refractivity contribution >= 4 is 13.8 Å². The Labute approximate surface area is 325 Å². The number of rotatable bonds is 36. The van der Waals surface area contributed by atoms with Gasteiger partial charge in [-0.2, -0.15) is 0 Å². The highest BCUT2D eigenvalue weighted by atomic mass is 31.2. The molecular weight excluding hydrogens is 685 g/mol. The largest absolute Gasteiger partial charge is 0.756 e. The van der Waals surface area contributed by atoms with Crippen LogP contribution < -0.4 is 4.89 Å². The van der Waals surface area contributed by atoms with E-state index in [1.165, 1.54) is 44.9 Å². The van der Waals surface area contributed by atoms with Crippen molar-refractivity contribution in [1.29, 1.82) is 0 Å². The lowest BCUT2D eigenvalue weighted by Crippen LogP contribution is -2.37. The molecule has 0 saturated heterocycles. The summed E-state index contributed by atoms with van der Waals surface area (Å²) < 4.78 is 34.3. The van der Waals surface area contributed by atoms with E-state index in [2.05, 4.69) is 86.8 Å². The van der Waals surface area contributed by atoms with Gasteiger partial charge in [-0.1, -0.05) is 137 Å². The average Bonchev–Trinajstić information content (AvgIpc) is 3.11. The Bertz CT molecular complexity index is 1120. The molecule has 0 aromatic carbocycles. The summed E-state index contributed by atoms with van der Waals surface area (Å²) in [7, 11) is 1.28. The van der Waals surface area contributed by atoms with Crippen molar-refractivity contribution in [2.24, 2.45) is 0 Å². The van der Waals surface area contributed by atoms with E-state index >= 15 is 0 Å². The molecule has 8 nitrogen and oxygen atoms in total. The third-order valence-electron chi connectivity index (χ3n) is 7.96. The van der Waals surface area contributed by atoms with Gasteiger partial charge in [0.05, 0.1) is 40.8 Å². The topological polar surface area (TPSA) is 94.1 Å². The minimum atomic E-state index is -4.55. The van der Waals surface area contributed by atoms with Gasteiger partial charge in [-0.25, -0.2) is 0 Å². The number of allylic oxidation sites excluding steroid dienone is 13. The first-order valence-electron chi connectivity index (χ1n) is 20.3. The fraction of sp³-hybridized carbons (Fsp3) is 0.659. The van der Waals surface area contributed by atoms with E-state index < -0.39 is 19.9 Å². The molecule has 9 heteroatoms. The van der Waals surface area contributed by atoms with Crippen molar-refractivity contribution in [2.75, 3.05) is 54.1 Å². The first-order chi connectivity index (χ1) is 25.6. The predicted octanol–water partition coefficient (Wildman–Crippen LogP) is 11.1. The van der Waals surface area contributed by atoms with Crippen molar-refractivity contribution in [3.8, 4) is 0 Å². The number of hydrogen-bond acceptors (Lipinski definition) is 7. The van der Waals surface area contributed by atoms with Crippen molar-refractivity contribution in [3.05, 3.63) is 85.1 Å². The third-order valence-corrected chi connectivity index (χ3v) is 8.93. The molecule has 0 amide bonds. The van der Waals surface area contributed by atoms with Crippen LogP contribution in [0.3, 0.4) is 0 Å². The van der Waals surface area contributed by atoms with Gasteiger partial charge in [0, 0.05) is 6.61 Å². The molecule has 0 spiro atoms. The molecule has 0 fully saturated rings. The van der Waals surface area contributed by atoms with Gasteiger partial charge in [-0.15, -0.1) is 0 Å². The van der Waals surface area contributed by atoms with Crippen LogP contribution in [-0.2, 0) is 27.9 Å². The molecule has 0 rings (SSSR count). The molecule has 0 aromatic heterocycles. The summed E-state index contributed by atoms with van der Waals surface area (Å²) in [5.74, 6) is -0.469. The summed E-state index contributed by atoms with van der Waals surface area (Å²) in [6.45, 7) is 5.07. The van der Waals surface area contributed by atoms with E-state index in [0.29, 0.717) is 24.1 Å². The van der Waals surface area contributed by atoms with Crippen LogP contribution in [-0.4, -0.2) is 70.7 Å². The van der Waals surface area contributed by atoms with E-state index in [1.807, 2.05) is 27.2 Å². The number of phosphoric acid groups is 1. The molecule has 2 unspecified atom stereocenters. The van der Waals surface area contributed by atoms with Crippen LogP contribution in [0.1, 0.15) is 129 Å². The van der Waals surface area contributed by atoms with Gasteiger partial charge >= 0.3 is 5.97 Å². The van der Waals surface area contributed by atoms with E-state index in [9.17, 15) is 14.3 Å². The molecule has 0 radical (unpaired) electrons. The fourth-order valence-corrected chi connectivity index (χ4v) is 5.55. The Morgan fingerprint density at radius 2 is 1.09 bits per heavy atom. The molecule has 0 heterocycles. The zero-order valence-corrected chi connectivity index (χ0v) is 35.1. The predicted molar refractivity (Wildman–Crippen MR) is 222 cm³/mol. The van der Waals surface area contributed by atoms with Crippen LogP contribution in [0.5, 0.6) is 0 Å². The van der Waals surface area contributed by atoms with Crippen molar-refractivity contribution < 1.29 is 37.3 Å². The number of ether oxygens (including phenoxy) is 2. The van der Waals surface area contributed by atoms with E-state index in [0.717, 1.165) is 57.8 Å². The van der Waals surface area contributed by atoms with Gasteiger partial charge in [0.15, 0.2) is 0 Å². The third kappa shape index (κ3) is 40.7. The smallest absolute Gasteiger partial charge is 0.310 e. The zero-order chi connectivity index (χ0) is 39.1. The number of carbonyl (C=O) groups excluding carboxylic acids is 1. The monoisotopic (exact) mass is 762 g/mol. The molecule has 0 aromatic rings. The number of nitrogens with zero attached hydrogens (tertiary/aromatic N) is 1. The maximum Gasteiger partial charge on any atom is 0.310 e. The van der Waals surface area contributed by atoms with Gasteiger partial charge in [-0.3, -0.25) is 9.36 Å². The van der Waals surface area contributed by atoms with Crippen LogP contribution in [0.25, 0.3) is 0 Å². The second-order valence-corrected chi connectivity index (χ2v) is 15.7. The molecule has 2 atom stereocenters. The normalized spacial score (nSPS) is 14.8. The lowest BCUT2D eigenvalue weighted by atomic mass is 10.1. The average molecular weight is 762 g/mol. The first kappa shape index (κ1) is 50.7. The summed E-state index contributed by atoms with van der Waals surface area (Å²) in [6, 6.07) is 0. The van der Waals surface area contributed by atoms with E-state index in [1.54, 1.807) is 6.08 Å². The molecule has 0 aliphatic carbocycles. The van der Waals surface area contributed by atoms with E-state index in [-0.39, 0.29) is 26.2 Å². The number of unbranched alkanes of at least 4 members (excludes halogenated alkanes) is 9. The quantitative estimate of drug-likeness (QED) is 0.0206. The van der Waals surface area contributed by atoms with Crippen molar-refractivity contribution in [2.45, 2.75) is 136 Å². The molecule has 53 heavy (non-hydrogen) atoms. The summed E-state index contributed by atoms with van der Waals surface area (Å²) in [6.07, 6.45) is 47.7.